The fraction of sp³-hybridized carbons (Fsp3) is 0.133. The van der Waals surface area contributed by atoms with Gasteiger partial charge in [-0.3, -0.25) is 0 Å². The summed E-state index contributed by atoms with van der Waals surface area (Å²) in [5.41, 5.74) is 0.875. The molecule has 0 amide bonds. The molecule has 0 unspecified atom stereocenters. The minimum Gasteiger partial charge on any atom is -0.496 e. The van der Waals surface area contributed by atoms with E-state index in [0.717, 1.165) is 5.56 Å². The maximum atomic E-state index is 11.0. The molecule has 0 saturated carbocycles. The summed E-state index contributed by atoms with van der Waals surface area (Å²) >= 11 is 11.8. The molecule has 2 aromatic carbocycles. The number of ether oxygens (including phenoxy) is 2. The van der Waals surface area contributed by atoms with Gasteiger partial charge in [-0.25, -0.2) is 4.79 Å². The Morgan fingerprint density at radius 2 is 1.81 bits per heavy atom. The van der Waals surface area contributed by atoms with Gasteiger partial charge in [0.1, 0.15) is 23.7 Å². The van der Waals surface area contributed by atoms with Crippen LogP contribution in [0.25, 0.3) is 0 Å². The average molecular weight is 327 g/mol. The molecular formula is C15H12Cl2O4. The zero-order valence-electron chi connectivity index (χ0n) is 11.1. The van der Waals surface area contributed by atoms with Crippen molar-refractivity contribution in [3.8, 4) is 11.5 Å². The monoisotopic (exact) mass is 326 g/mol. The van der Waals surface area contributed by atoms with Gasteiger partial charge in [0.15, 0.2) is 0 Å². The zero-order chi connectivity index (χ0) is 15.4. The van der Waals surface area contributed by atoms with Crippen molar-refractivity contribution in [1.82, 2.24) is 0 Å². The van der Waals surface area contributed by atoms with E-state index in [9.17, 15) is 4.79 Å². The van der Waals surface area contributed by atoms with Gasteiger partial charge in [-0.2, -0.15) is 0 Å². The first-order chi connectivity index (χ1) is 9.99. The van der Waals surface area contributed by atoms with Crippen LogP contribution in [0.4, 0.5) is 0 Å². The summed E-state index contributed by atoms with van der Waals surface area (Å²) in [6.07, 6.45) is 0. The number of carboxylic acids is 1. The number of carboxylic acid groups (broad SMARTS) is 1. The zero-order valence-corrected chi connectivity index (χ0v) is 12.6. The predicted molar refractivity (Wildman–Crippen MR) is 80.7 cm³/mol. The summed E-state index contributed by atoms with van der Waals surface area (Å²) in [5, 5.41) is 9.98. The highest BCUT2D eigenvalue weighted by molar-refractivity contribution is 6.34. The summed E-state index contributed by atoms with van der Waals surface area (Å²) < 4.78 is 10.6. The van der Waals surface area contributed by atoms with Crippen LogP contribution in [0.1, 0.15) is 15.9 Å². The molecule has 0 bridgehead atoms. The Bertz CT molecular complexity index is 650. The molecule has 0 atom stereocenters. The van der Waals surface area contributed by atoms with Crippen molar-refractivity contribution >= 4 is 29.2 Å². The minimum atomic E-state index is -1.04. The summed E-state index contributed by atoms with van der Waals surface area (Å²) in [5.74, 6) is -0.220. The number of methoxy groups -OCH3 is 1. The Balaban J connectivity index is 2.14. The van der Waals surface area contributed by atoms with Crippen LogP contribution >= 0.6 is 23.2 Å². The van der Waals surface area contributed by atoms with Gasteiger partial charge < -0.3 is 14.6 Å². The molecule has 1 N–H and O–H groups in total. The highest BCUT2D eigenvalue weighted by atomic mass is 35.5. The van der Waals surface area contributed by atoms with Crippen LogP contribution in [-0.4, -0.2) is 18.2 Å². The van der Waals surface area contributed by atoms with E-state index in [2.05, 4.69) is 0 Å². The summed E-state index contributed by atoms with van der Waals surface area (Å²) in [6.45, 7) is 0.243. The van der Waals surface area contributed by atoms with E-state index in [1.807, 2.05) is 0 Å². The molecule has 0 heterocycles. The van der Waals surface area contributed by atoms with Gasteiger partial charge in [-0.05, 0) is 35.9 Å². The second-order valence-corrected chi connectivity index (χ2v) is 5.11. The quantitative estimate of drug-likeness (QED) is 0.890. The highest BCUT2D eigenvalue weighted by Gasteiger charge is 2.11. The Labute approximate surface area is 131 Å². The van der Waals surface area contributed by atoms with Crippen LogP contribution in [0.15, 0.2) is 36.4 Å². The Morgan fingerprint density at radius 1 is 1.14 bits per heavy atom. The van der Waals surface area contributed by atoms with Gasteiger partial charge in [-0.1, -0.05) is 29.3 Å². The van der Waals surface area contributed by atoms with E-state index in [0.29, 0.717) is 15.8 Å². The topological polar surface area (TPSA) is 55.8 Å². The van der Waals surface area contributed by atoms with Gasteiger partial charge in [-0.15, -0.1) is 0 Å². The smallest absolute Gasteiger partial charge is 0.339 e. The number of halogens is 2. The first kappa shape index (κ1) is 15.5. The molecule has 0 saturated heterocycles. The lowest BCUT2D eigenvalue weighted by atomic mass is 10.1. The Kier molecular flexibility index (Phi) is 4.94. The molecular weight excluding hydrogens is 315 g/mol. The number of hydrogen-bond acceptors (Lipinski definition) is 3. The lowest BCUT2D eigenvalue weighted by molar-refractivity contribution is 0.0693. The molecule has 2 aromatic rings. The van der Waals surface area contributed by atoms with E-state index in [-0.39, 0.29) is 17.9 Å². The van der Waals surface area contributed by atoms with Crippen LogP contribution in [0, 0.1) is 0 Å². The second-order valence-electron chi connectivity index (χ2n) is 4.23. The average Bonchev–Trinajstić information content (AvgIpc) is 2.43. The van der Waals surface area contributed by atoms with Crippen molar-refractivity contribution in [2.45, 2.75) is 6.61 Å². The SMILES string of the molecule is COc1cc(COc2cc(Cl)cc(Cl)c2)ccc1C(=O)O. The fourth-order valence-corrected chi connectivity index (χ4v) is 2.29. The molecule has 0 fully saturated rings. The highest BCUT2D eigenvalue weighted by Crippen LogP contribution is 2.26. The predicted octanol–water partition coefficient (Wildman–Crippen LogP) is 4.28. The number of carbonyl (C=O) groups is 1. The molecule has 0 aliphatic heterocycles. The third-order valence-electron chi connectivity index (χ3n) is 2.74. The molecule has 0 aromatic heterocycles. The van der Waals surface area contributed by atoms with Crippen LogP contribution in [-0.2, 0) is 6.61 Å². The van der Waals surface area contributed by atoms with E-state index in [1.165, 1.54) is 13.2 Å². The standard InChI is InChI=1S/C15H12Cl2O4/c1-20-14-4-9(2-3-13(14)15(18)19)8-21-12-6-10(16)5-11(17)7-12/h2-7H,8H2,1H3,(H,18,19). The number of hydrogen-bond donors (Lipinski definition) is 1. The van der Waals surface area contributed by atoms with Crippen LogP contribution in [0.3, 0.4) is 0 Å². The Hall–Kier alpha value is -1.91. The summed E-state index contributed by atoms with van der Waals surface area (Å²) in [4.78, 5) is 11.0. The number of rotatable bonds is 5. The molecule has 2 rings (SSSR count). The first-order valence-corrected chi connectivity index (χ1v) is 6.74. The third kappa shape index (κ3) is 4.03. The van der Waals surface area contributed by atoms with Gasteiger partial charge in [0.2, 0.25) is 0 Å². The molecule has 0 aliphatic rings. The molecule has 4 nitrogen and oxygen atoms in total. The van der Waals surface area contributed by atoms with Crippen molar-refractivity contribution < 1.29 is 19.4 Å². The van der Waals surface area contributed by atoms with Crippen molar-refractivity contribution in [2.75, 3.05) is 7.11 Å². The van der Waals surface area contributed by atoms with Gasteiger partial charge in [0, 0.05) is 10.0 Å². The van der Waals surface area contributed by atoms with E-state index in [1.54, 1.807) is 30.3 Å². The van der Waals surface area contributed by atoms with Crippen LogP contribution in [0.5, 0.6) is 11.5 Å². The van der Waals surface area contributed by atoms with E-state index >= 15 is 0 Å². The second kappa shape index (κ2) is 6.70. The lowest BCUT2D eigenvalue weighted by Gasteiger charge is -2.10. The maximum Gasteiger partial charge on any atom is 0.339 e. The van der Waals surface area contributed by atoms with E-state index < -0.39 is 5.97 Å². The third-order valence-corrected chi connectivity index (χ3v) is 3.17. The number of benzene rings is 2. The molecule has 21 heavy (non-hydrogen) atoms. The van der Waals surface area contributed by atoms with Gasteiger partial charge >= 0.3 is 5.97 Å². The van der Waals surface area contributed by atoms with Crippen LogP contribution < -0.4 is 9.47 Å². The van der Waals surface area contributed by atoms with E-state index in [4.69, 9.17) is 37.8 Å². The summed E-state index contributed by atoms with van der Waals surface area (Å²) in [7, 11) is 1.42. The fourth-order valence-electron chi connectivity index (χ4n) is 1.78. The lowest BCUT2D eigenvalue weighted by Crippen LogP contribution is -2.02. The number of aromatic carboxylic acids is 1. The largest absolute Gasteiger partial charge is 0.496 e. The molecule has 0 radical (unpaired) electrons. The summed E-state index contributed by atoms with van der Waals surface area (Å²) in [6, 6.07) is 9.67. The van der Waals surface area contributed by atoms with Crippen LogP contribution in [0.2, 0.25) is 10.0 Å². The normalized spacial score (nSPS) is 10.2. The molecule has 110 valence electrons. The Morgan fingerprint density at radius 3 is 2.38 bits per heavy atom. The van der Waals surface area contributed by atoms with Gasteiger partial charge in [0.25, 0.3) is 0 Å². The van der Waals surface area contributed by atoms with Crippen molar-refractivity contribution in [3.63, 3.8) is 0 Å². The van der Waals surface area contributed by atoms with Crippen molar-refractivity contribution in [1.29, 1.82) is 0 Å². The van der Waals surface area contributed by atoms with Crippen molar-refractivity contribution in [2.24, 2.45) is 0 Å². The minimum absolute atomic E-state index is 0.104. The maximum absolute atomic E-state index is 11.0. The molecule has 0 spiro atoms. The first-order valence-electron chi connectivity index (χ1n) is 5.98. The molecule has 6 heteroatoms. The van der Waals surface area contributed by atoms with Gasteiger partial charge in [0.05, 0.1) is 7.11 Å². The molecule has 0 aliphatic carbocycles. The van der Waals surface area contributed by atoms with Crippen molar-refractivity contribution in [3.05, 3.63) is 57.6 Å².